The number of methoxy groups -OCH3 is 1. The fourth-order valence-corrected chi connectivity index (χ4v) is 2.16. The Kier molecular flexibility index (Phi) is 7.41. The van der Waals surface area contributed by atoms with Gasteiger partial charge in [0.05, 0.1) is 12.2 Å². The summed E-state index contributed by atoms with van der Waals surface area (Å²) in [5.41, 5.74) is 0.0836. The average Bonchev–Trinajstić information content (AvgIpc) is 2.61. The molecule has 0 saturated heterocycles. The molecular weight excluding hydrogens is 408 g/mol. The normalized spacial score (nSPS) is 11.2. The highest BCUT2D eigenvalue weighted by Crippen LogP contribution is 2.26. The number of alkyl halides is 3. The topological polar surface area (TPSA) is 69.7 Å². The van der Waals surface area contributed by atoms with Crippen LogP contribution in [0.1, 0.15) is 10.4 Å². The summed E-state index contributed by atoms with van der Waals surface area (Å²) in [5.74, 6) is -1.85. The van der Waals surface area contributed by atoms with E-state index in [0.717, 1.165) is 18.3 Å². The number of hydrogen-bond acceptors (Lipinski definition) is 5. The van der Waals surface area contributed by atoms with E-state index in [4.69, 9.17) is 21.1 Å². The Bertz CT molecular complexity index is 833. The van der Waals surface area contributed by atoms with Gasteiger partial charge in [-0.1, -0.05) is 11.6 Å². The van der Waals surface area contributed by atoms with Crippen molar-refractivity contribution in [3.8, 4) is 11.6 Å². The molecule has 1 amide bonds. The molecule has 0 radical (unpaired) electrons. The van der Waals surface area contributed by atoms with Crippen LogP contribution in [-0.4, -0.2) is 44.0 Å². The molecule has 152 valence electrons. The first-order valence-corrected chi connectivity index (χ1v) is 8.15. The van der Waals surface area contributed by atoms with Crippen LogP contribution in [0.3, 0.4) is 0 Å². The van der Waals surface area contributed by atoms with E-state index in [9.17, 15) is 22.4 Å². The van der Waals surface area contributed by atoms with Gasteiger partial charge >= 0.3 is 6.18 Å². The van der Waals surface area contributed by atoms with E-state index < -0.39 is 30.4 Å². The van der Waals surface area contributed by atoms with E-state index in [0.29, 0.717) is 0 Å². The molecule has 11 heteroatoms. The van der Waals surface area contributed by atoms with Crippen molar-refractivity contribution in [1.82, 2.24) is 4.98 Å². The number of ether oxygens (including phenoxy) is 3. The smallest absolute Gasteiger partial charge is 0.422 e. The summed E-state index contributed by atoms with van der Waals surface area (Å²) in [7, 11) is 1.48. The van der Waals surface area contributed by atoms with Crippen molar-refractivity contribution in [1.29, 1.82) is 0 Å². The van der Waals surface area contributed by atoms with Gasteiger partial charge < -0.3 is 19.5 Å². The fraction of sp³-hybridized carbons (Fsp3) is 0.294. The van der Waals surface area contributed by atoms with Crippen LogP contribution >= 0.6 is 11.6 Å². The maximum absolute atomic E-state index is 14.0. The molecule has 0 atom stereocenters. The molecule has 2 rings (SSSR count). The Morgan fingerprint density at radius 1 is 1.21 bits per heavy atom. The summed E-state index contributed by atoms with van der Waals surface area (Å²) in [4.78, 5) is 15.8. The molecule has 0 bridgehead atoms. The van der Waals surface area contributed by atoms with E-state index >= 15 is 0 Å². The minimum absolute atomic E-state index is 0.00840. The zero-order chi connectivity index (χ0) is 20.7. The SMILES string of the molecule is COCCOc1ccc(NC(=O)c2cnc(OCC(F)(F)F)c(Cl)c2)cc1F. The molecule has 0 saturated carbocycles. The molecule has 2 aromatic rings. The van der Waals surface area contributed by atoms with Gasteiger partial charge in [0.1, 0.15) is 11.6 Å². The molecule has 0 aliphatic heterocycles. The number of anilines is 1. The fourth-order valence-electron chi connectivity index (χ4n) is 1.94. The van der Waals surface area contributed by atoms with Crippen molar-refractivity contribution in [2.24, 2.45) is 0 Å². The molecule has 1 aromatic carbocycles. The van der Waals surface area contributed by atoms with Gasteiger partial charge in [0.15, 0.2) is 18.2 Å². The Morgan fingerprint density at radius 2 is 1.96 bits per heavy atom. The highest BCUT2D eigenvalue weighted by molar-refractivity contribution is 6.32. The third-order valence-corrected chi connectivity index (χ3v) is 3.45. The summed E-state index contributed by atoms with van der Waals surface area (Å²) in [5, 5.41) is 2.14. The van der Waals surface area contributed by atoms with Crippen LogP contribution in [0.25, 0.3) is 0 Å². The maximum Gasteiger partial charge on any atom is 0.422 e. The molecule has 1 heterocycles. The number of amides is 1. The molecule has 0 spiro atoms. The summed E-state index contributed by atoms with van der Waals surface area (Å²) in [6, 6.07) is 4.89. The Balaban J connectivity index is 2.02. The van der Waals surface area contributed by atoms with Gasteiger partial charge in [0.25, 0.3) is 5.91 Å². The lowest BCUT2D eigenvalue weighted by Crippen LogP contribution is -2.20. The predicted molar refractivity (Wildman–Crippen MR) is 92.5 cm³/mol. The number of rotatable bonds is 8. The maximum atomic E-state index is 14.0. The number of carbonyl (C=O) groups excluding carboxylic acids is 1. The zero-order valence-electron chi connectivity index (χ0n) is 14.5. The first kappa shape index (κ1) is 21.7. The largest absolute Gasteiger partial charge is 0.488 e. The Hall–Kier alpha value is -2.59. The molecule has 0 fully saturated rings. The van der Waals surface area contributed by atoms with Crippen LogP contribution in [0, 0.1) is 5.82 Å². The van der Waals surface area contributed by atoms with Crippen LogP contribution in [0.15, 0.2) is 30.5 Å². The molecule has 6 nitrogen and oxygen atoms in total. The standard InChI is InChI=1S/C17H15ClF4N2O4/c1-26-4-5-27-14-3-2-11(7-13(14)19)24-15(25)10-6-12(18)16(23-8-10)28-9-17(20,21)22/h2-3,6-8H,4-5,9H2,1H3,(H,24,25). The number of nitrogens with zero attached hydrogens (tertiary/aromatic N) is 1. The second-order valence-corrected chi connectivity index (χ2v) is 5.76. The molecule has 28 heavy (non-hydrogen) atoms. The van der Waals surface area contributed by atoms with E-state index in [1.807, 2.05) is 0 Å². The van der Waals surface area contributed by atoms with Crippen LogP contribution in [0.4, 0.5) is 23.2 Å². The van der Waals surface area contributed by atoms with Crippen molar-refractivity contribution in [2.75, 3.05) is 32.2 Å². The molecular formula is C17H15ClF4N2O4. The Morgan fingerprint density at radius 3 is 2.57 bits per heavy atom. The molecule has 1 N–H and O–H groups in total. The van der Waals surface area contributed by atoms with Crippen molar-refractivity contribution in [2.45, 2.75) is 6.18 Å². The molecule has 1 aromatic heterocycles. The minimum atomic E-state index is -4.55. The monoisotopic (exact) mass is 422 g/mol. The first-order valence-electron chi connectivity index (χ1n) is 7.77. The lowest BCUT2D eigenvalue weighted by atomic mass is 10.2. The third kappa shape index (κ3) is 6.54. The average molecular weight is 423 g/mol. The summed E-state index contributed by atoms with van der Waals surface area (Å²) < 4.78 is 64.9. The Labute approximate surface area is 162 Å². The number of carbonyl (C=O) groups is 1. The minimum Gasteiger partial charge on any atom is -0.488 e. The predicted octanol–water partition coefficient (Wildman–Crippen LogP) is 4.09. The highest BCUT2D eigenvalue weighted by Gasteiger charge is 2.29. The van der Waals surface area contributed by atoms with Gasteiger partial charge in [0.2, 0.25) is 5.88 Å². The van der Waals surface area contributed by atoms with Gasteiger partial charge in [0, 0.05) is 25.1 Å². The van der Waals surface area contributed by atoms with Gasteiger partial charge in [-0.3, -0.25) is 4.79 Å². The van der Waals surface area contributed by atoms with E-state index in [2.05, 4.69) is 15.0 Å². The number of hydrogen-bond donors (Lipinski definition) is 1. The lowest BCUT2D eigenvalue weighted by molar-refractivity contribution is -0.154. The number of benzene rings is 1. The second kappa shape index (κ2) is 9.56. The van der Waals surface area contributed by atoms with E-state index in [-0.39, 0.29) is 35.2 Å². The molecule has 0 unspecified atom stereocenters. The third-order valence-electron chi connectivity index (χ3n) is 3.18. The zero-order valence-corrected chi connectivity index (χ0v) is 15.2. The van der Waals surface area contributed by atoms with Crippen molar-refractivity contribution >= 4 is 23.2 Å². The van der Waals surface area contributed by atoms with Gasteiger partial charge in [-0.05, 0) is 18.2 Å². The molecule has 0 aliphatic carbocycles. The lowest BCUT2D eigenvalue weighted by Gasteiger charge is -2.11. The quantitative estimate of drug-likeness (QED) is 0.512. The number of nitrogens with one attached hydrogen (secondary N) is 1. The van der Waals surface area contributed by atoms with Crippen molar-refractivity contribution in [3.05, 3.63) is 46.9 Å². The number of aromatic nitrogens is 1. The number of halogens is 5. The van der Waals surface area contributed by atoms with Gasteiger partial charge in [-0.15, -0.1) is 0 Å². The summed E-state index contributed by atoms with van der Waals surface area (Å²) in [6.07, 6.45) is -3.56. The van der Waals surface area contributed by atoms with Crippen LogP contribution in [0.5, 0.6) is 11.6 Å². The van der Waals surface area contributed by atoms with Crippen LogP contribution < -0.4 is 14.8 Å². The van der Waals surface area contributed by atoms with Gasteiger partial charge in [-0.2, -0.15) is 13.2 Å². The number of pyridine rings is 1. The first-order chi connectivity index (χ1) is 13.2. The highest BCUT2D eigenvalue weighted by atomic mass is 35.5. The van der Waals surface area contributed by atoms with Crippen LogP contribution in [-0.2, 0) is 4.74 Å². The van der Waals surface area contributed by atoms with Crippen molar-refractivity contribution < 1.29 is 36.6 Å². The molecule has 0 aliphatic rings. The van der Waals surface area contributed by atoms with E-state index in [1.54, 1.807) is 0 Å². The second-order valence-electron chi connectivity index (χ2n) is 5.36. The van der Waals surface area contributed by atoms with Gasteiger partial charge in [-0.25, -0.2) is 9.37 Å². The van der Waals surface area contributed by atoms with Crippen LogP contribution in [0.2, 0.25) is 5.02 Å². The van der Waals surface area contributed by atoms with Crippen molar-refractivity contribution in [3.63, 3.8) is 0 Å². The summed E-state index contributed by atoms with van der Waals surface area (Å²) >= 11 is 5.79. The van der Waals surface area contributed by atoms with E-state index in [1.165, 1.54) is 19.2 Å². The summed E-state index contributed by atoms with van der Waals surface area (Å²) in [6.45, 7) is -1.12.